The van der Waals surface area contributed by atoms with Crippen LogP contribution >= 0.6 is 7.37 Å². The third-order valence-electron chi connectivity index (χ3n) is 15.1. The summed E-state index contributed by atoms with van der Waals surface area (Å²) in [6.07, 6.45) is 5.74. The minimum absolute atomic E-state index is 0.0139. The lowest BCUT2D eigenvalue weighted by atomic mass is 9.78. The normalized spacial score (nSPS) is 43.0. The number of fused-ring (bicyclic) bond motifs is 3. The van der Waals surface area contributed by atoms with Crippen LogP contribution in [0.1, 0.15) is 133 Å². The van der Waals surface area contributed by atoms with Crippen molar-refractivity contribution in [2.45, 2.75) is 181 Å². The third-order valence-corrected chi connectivity index (χ3v) is 15.9. The van der Waals surface area contributed by atoms with Crippen molar-refractivity contribution in [1.82, 2.24) is 4.90 Å². The molecule has 396 valence electrons. The van der Waals surface area contributed by atoms with Gasteiger partial charge in [0, 0.05) is 74.5 Å². The summed E-state index contributed by atoms with van der Waals surface area (Å²) in [7, 11) is -2.88. The molecule has 16 atom stereocenters. The van der Waals surface area contributed by atoms with E-state index in [2.05, 4.69) is 0 Å². The molecule has 2 saturated heterocycles. The summed E-state index contributed by atoms with van der Waals surface area (Å²) in [5.41, 5.74) is 0.660. The van der Waals surface area contributed by atoms with E-state index in [1.54, 1.807) is 66.4 Å². The van der Waals surface area contributed by atoms with Crippen LogP contribution in [0.5, 0.6) is 0 Å². The largest absolute Gasteiger partial charge is 0.460 e. The fraction of sp³-hybridized carbons (Fsp3) is 0.759. The first kappa shape index (κ1) is 51.7. The highest BCUT2D eigenvalue weighted by Gasteiger charge is 2.53. The summed E-state index contributed by atoms with van der Waals surface area (Å²) in [6.45, 7) is 15.7. The average molecular weight is 1010 g/mol. The smallest absolute Gasteiger partial charge is 0.329 e. The summed E-state index contributed by atoms with van der Waals surface area (Å²) in [5, 5.41) is 23.7. The number of methoxy groups -OCH3 is 3. The molecule has 1 saturated carbocycles. The van der Waals surface area contributed by atoms with Crippen LogP contribution in [0, 0.1) is 41.4 Å². The van der Waals surface area contributed by atoms with Crippen molar-refractivity contribution < 1.29 is 73.8 Å². The Bertz CT molecular complexity index is 2190. The number of allylic oxidation sites excluding steroid dienone is 6. The van der Waals surface area contributed by atoms with E-state index in [-0.39, 0.29) is 68.1 Å². The third kappa shape index (κ3) is 15.7. The monoisotopic (exact) mass is 1010 g/mol. The van der Waals surface area contributed by atoms with Gasteiger partial charge in [-0.05, 0) is 106 Å². The van der Waals surface area contributed by atoms with Crippen molar-refractivity contribution in [3.63, 3.8) is 0 Å². The first-order chi connectivity index (χ1) is 34.7. The lowest BCUT2D eigenvalue weighted by molar-refractivity contribution is -0.265. The molecule has 0 radical (unpaired) electrons. The van der Waals surface area contributed by atoms with E-state index in [0.29, 0.717) is 44.1 Å². The van der Waals surface area contributed by atoms with Gasteiger partial charge in [0.25, 0.3) is 11.7 Å². The van der Waals surface area contributed by atoms with Crippen LogP contribution in [0.4, 0.5) is 0 Å². The Morgan fingerprint density at radius 3 is 2.29 bits per heavy atom. The van der Waals surface area contributed by atoms with Crippen LogP contribution in [-0.4, -0.2) is 140 Å². The molecule has 3 aliphatic heterocycles. The molecule has 2 bridgehead atoms. The number of Topliss-reactive ketones (excluding diaryl/α,β-unsaturated/α-hetero) is 3. The maximum atomic E-state index is 14.6. The van der Waals surface area contributed by atoms with Gasteiger partial charge in [-0.25, -0.2) is 4.79 Å². The van der Waals surface area contributed by atoms with E-state index in [0.717, 1.165) is 4.90 Å². The molecule has 4 aliphatic rings. The first-order valence-electron chi connectivity index (χ1n) is 27.6. The van der Waals surface area contributed by atoms with Gasteiger partial charge in [-0.15, -0.1) is 0 Å². The Morgan fingerprint density at radius 2 is 1.63 bits per heavy atom. The van der Waals surface area contributed by atoms with E-state index >= 15 is 0 Å². The molecular weight excluding hydrogens is 918 g/mol. The quantitative estimate of drug-likeness (QED) is 0.103. The molecule has 0 aromatic rings. The van der Waals surface area contributed by atoms with Gasteiger partial charge in [-0.3, -0.25) is 23.7 Å². The van der Waals surface area contributed by atoms with Gasteiger partial charge in [0.15, 0.2) is 13.2 Å². The zero-order valence-corrected chi connectivity index (χ0v) is 44.5. The predicted octanol–water partition coefficient (Wildman–Crippen LogP) is 7.99. The lowest BCUT2D eigenvalue weighted by Gasteiger charge is -2.42. The molecule has 15 nitrogen and oxygen atoms in total. The summed E-state index contributed by atoms with van der Waals surface area (Å²) in [5.74, 6) is -13.7. The fourth-order valence-electron chi connectivity index (χ4n) is 10.3. The number of aliphatic hydroxyl groups is 2. The molecule has 1 aliphatic carbocycles. The second kappa shape index (κ2) is 26.7. The number of hydrogen-bond acceptors (Lipinski definition) is 14. The van der Waals surface area contributed by atoms with Crippen molar-refractivity contribution in [2.24, 2.45) is 41.4 Å². The Labute approximate surface area is 425 Å². The van der Waals surface area contributed by atoms with E-state index in [1.807, 2.05) is 6.92 Å². The number of hydrogen-bond donors (Lipinski definition) is 2. The predicted molar refractivity (Wildman–Crippen MR) is 268 cm³/mol. The van der Waals surface area contributed by atoms with E-state index in [4.69, 9.17) is 32.3 Å². The van der Waals surface area contributed by atoms with Gasteiger partial charge in [-0.1, -0.05) is 78.0 Å². The highest BCUT2D eigenvalue weighted by molar-refractivity contribution is 7.57. The van der Waals surface area contributed by atoms with Crippen LogP contribution in [-0.2, 0) is 56.7 Å². The molecular formula is C54H86NO14P. The number of carbonyl (C=O) groups is 5. The van der Waals surface area contributed by atoms with E-state index in [9.17, 15) is 41.5 Å². The Morgan fingerprint density at radius 1 is 0.914 bits per heavy atom. The minimum atomic E-state index is -2.86. The van der Waals surface area contributed by atoms with Crippen molar-refractivity contribution in [3.05, 3.63) is 47.6 Å². The number of esters is 1. The number of nitrogens with zero attached hydrogens (tertiary/aromatic N) is 1. The SMILES string of the molecule is [2H]C([2H])([2H])O[C@H]1C[C@@H]2CC[C@@H](C)[C@@](O)(O2)C(=O)C(=O)N2CCCC[C@H]2C(=O)O[C@H]([C@H](C)C[C@@H]2CC[C@@H](OP(C)(C)=O)[C@H](OC)C2)CC(=O)[C@H](C)/C=C(\C)[C@@H](O)[C@@H](OC)C(=O)[C@H](C)C([2H])(C)[C@]([2H])(C)/C=C/C=C/C=C/1C. The van der Waals surface area contributed by atoms with Crippen LogP contribution in [0.3, 0.4) is 0 Å². The van der Waals surface area contributed by atoms with E-state index in [1.165, 1.54) is 46.1 Å². The number of carbonyl (C=O) groups excluding carboxylic acids is 5. The molecule has 3 heterocycles. The summed E-state index contributed by atoms with van der Waals surface area (Å²) in [4.78, 5) is 72.9. The van der Waals surface area contributed by atoms with Crippen molar-refractivity contribution in [3.8, 4) is 0 Å². The number of aliphatic hydroxyl groups excluding tert-OH is 1. The van der Waals surface area contributed by atoms with Crippen molar-refractivity contribution in [1.29, 1.82) is 0 Å². The average Bonchev–Trinajstić information content (AvgIpc) is 3.32. The summed E-state index contributed by atoms with van der Waals surface area (Å²) in [6, 6.07) is -1.26. The van der Waals surface area contributed by atoms with Crippen LogP contribution < -0.4 is 0 Å². The Kier molecular flexibility index (Phi) is 19.7. The maximum Gasteiger partial charge on any atom is 0.329 e. The summed E-state index contributed by atoms with van der Waals surface area (Å²) >= 11 is 0. The van der Waals surface area contributed by atoms with Crippen molar-refractivity contribution >= 4 is 36.6 Å². The van der Waals surface area contributed by atoms with Gasteiger partial charge in [0.05, 0.1) is 28.5 Å². The molecule has 0 spiro atoms. The minimum Gasteiger partial charge on any atom is -0.460 e. The van der Waals surface area contributed by atoms with Crippen molar-refractivity contribution in [2.75, 3.05) is 41.1 Å². The highest BCUT2D eigenvalue weighted by atomic mass is 31.2. The second-order valence-corrected chi connectivity index (χ2v) is 23.5. The van der Waals surface area contributed by atoms with Gasteiger partial charge >= 0.3 is 5.97 Å². The molecule has 70 heavy (non-hydrogen) atoms. The fourth-order valence-corrected chi connectivity index (χ4v) is 11.1. The topological polar surface area (TPSA) is 201 Å². The van der Waals surface area contributed by atoms with Crippen LogP contribution in [0.15, 0.2) is 47.6 Å². The van der Waals surface area contributed by atoms with Crippen LogP contribution in [0.25, 0.3) is 0 Å². The number of ketones is 3. The lowest BCUT2D eigenvalue weighted by Crippen LogP contribution is -2.61. The number of rotatable bonds is 8. The molecule has 16 heteroatoms. The van der Waals surface area contributed by atoms with Crippen LogP contribution in [0.2, 0.25) is 0 Å². The highest BCUT2D eigenvalue weighted by Crippen LogP contribution is 2.45. The molecule has 4 rings (SSSR count). The summed E-state index contributed by atoms with van der Waals surface area (Å²) < 4.78 is 90.0. The van der Waals surface area contributed by atoms with E-state index < -0.39 is 116 Å². The van der Waals surface area contributed by atoms with Gasteiger partial charge in [-0.2, -0.15) is 0 Å². The Balaban J connectivity index is 1.78. The molecule has 1 amide bonds. The zero-order chi connectivity index (χ0) is 56.6. The molecule has 0 aromatic heterocycles. The number of ether oxygens (including phenoxy) is 5. The molecule has 0 aromatic carbocycles. The number of amides is 1. The second-order valence-electron chi connectivity index (χ2n) is 20.7. The van der Waals surface area contributed by atoms with Gasteiger partial charge in [0.2, 0.25) is 5.79 Å². The van der Waals surface area contributed by atoms with Gasteiger partial charge < -0.3 is 43.3 Å². The first-order valence-corrected chi connectivity index (χ1v) is 27.6. The van der Waals surface area contributed by atoms with Gasteiger partial charge in [0.1, 0.15) is 30.1 Å². The Hall–Kier alpha value is -3.14. The maximum absolute atomic E-state index is 14.6. The molecule has 3 fully saturated rings. The molecule has 2 N–H and O–H groups in total. The zero-order valence-electron chi connectivity index (χ0n) is 48.6. The standard InChI is InChI=1S/C54H86NO14P/c1-32-19-15-14-16-20-33(2)45(64-9)30-41-24-22-37(6)54(62,68-41)51(59)52(60)55-26-18-17-21-42(55)53(61)67-46(35(4)28-40-23-25-44(47(29-40)65-10)69-70(12,13)63)31-43(56)34(3)27-36(5)48(57)50(66-11)49(58)39(8)38(32)7/h14-16,19-20,27,32,34-35,37-42,44-48,50,57,62H,17-18,21-26,28-31H2,1-13H3/b16-14+,19-15+,33-20+,36-27+/t32-,34-,35-,37-,38?,39-,40+,41+,42+,44-,45+,46+,47-,48-,50-,54-/m1/s1/i9D3,32D,38D. The molecule has 1 unspecified atom stereocenters. The number of piperidine rings is 1. The number of cyclic esters (lactones) is 1.